The summed E-state index contributed by atoms with van der Waals surface area (Å²) < 4.78 is 0.647. The summed E-state index contributed by atoms with van der Waals surface area (Å²) in [5, 5.41) is 14.5. The third-order valence-electron chi connectivity index (χ3n) is 4.86. The van der Waals surface area contributed by atoms with E-state index in [1.807, 2.05) is 30.3 Å². The Kier molecular flexibility index (Phi) is 7.58. The smallest absolute Gasteiger partial charge is 0.231 e. The minimum absolute atomic E-state index is 0.0779. The zero-order valence-corrected chi connectivity index (χ0v) is 19.8. The van der Waals surface area contributed by atoms with Crippen LogP contribution < -0.4 is 15.5 Å². The van der Waals surface area contributed by atoms with Crippen molar-refractivity contribution in [2.24, 2.45) is 5.92 Å². The molecule has 11 heteroatoms. The number of rotatable bonds is 8. The van der Waals surface area contributed by atoms with Crippen LogP contribution in [-0.2, 0) is 14.4 Å². The number of nitrogens with zero attached hydrogens (tertiary/aromatic N) is 3. The van der Waals surface area contributed by atoms with Crippen molar-refractivity contribution in [3.8, 4) is 0 Å². The van der Waals surface area contributed by atoms with Gasteiger partial charge in [-0.2, -0.15) is 0 Å². The van der Waals surface area contributed by atoms with E-state index >= 15 is 0 Å². The highest BCUT2D eigenvalue weighted by Gasteiger charge is 2.35. The van der Waals surface area contributed by atoms with Gasteiger partial charge in [-0.25, -0.2) is 0 Å². The molecule has 33 heavy (non-hydrogen) atoms. The van der Waals surface area contributed by atoms with Crippen molar-refractivity contribution < 1.29 is 14.4 Å². The van der Waals surface area contributed by atoms with Crippen molar-refractivity contribution in [2.45, 2.75) is 17.2 Å². The van der Waals surface area contributed by atoms with Gasteiger partial charge in [-0.1, -0.05) is 59.0 Å². The standard InChI is InChI=1S/C22H20ClN5O3S2/c23-15-5-4-6-16(12-15)24-18(29)9-10-32-22-27-26-21(33-22)25-20(31)14-11-19(30)28(13-14)17-7-2-1-3-8-17/h1-8,12,14H,9-11,13H2,(H,24,29)(H,25,26,31). The molecular weight excluding hydrogens is 482 g/mol. The molecule has 1 saturated heterocycles. The fourth-order valence-corrected chi connectivity index (χ4v) is 5.24. The molecule has 0 bridgehead atoms. The van der Waals surface area contributed by atoms with Crippen LogP contribution in [0, 0.1) is 5.92 Å². The van der Waals surface area contributed by atoms with Crippen LogP contribution in [0.5, 0.6) is 0 Å². The van der Waals surface area contributed by atoms with Gasteiger partial charge in [0.1, 0.15) is 0 Å². The number of anilines is 3. The molecule has 3 amide bonds. The van der Waals surface area contributed by atoms with Gasteiger partial charge in [0, 0.05) is 41.5 Å². The van der Waals surface area contributed by atoms with Crippen LogP contribution in [0.2, 0.25) is 5.02 Å². The Bertz CT molecular complexity index is 1160. The molecule has 1 unspecified atom stereocenters. The highest BCUT2D eigenvalue weighted by atomic mass is 35.5. The van der Waals surface area contributed by atoms with Gasteiger partial charge in [0.05, 0.1) is 5.92 Å². The molecule has 2 N–H and O–H groups in total. The predicted octanol–water partition coefficient (Wildman–Crippen LogP) is 4.30. The number of para-hydroxylation sites is 1. The lowest BCUT2D eigenvalue weighted by atomic mass is 10.1. The lowest BCUT2D eigenvalue weighted by Gasteiger charge is -2.16. The summed E-state index contributed by atoms with van der Waals surface area (Å²) in [7, 11) is 0. The van der Waals surface area contributed by atoms with E-state index in [-0.39, 0.29) is 30.6 Å². The minimum Gasteiger partial charge on any atom is -0.326 e. The number of thioether (sulfide) groups is 1. The molecule has 1 atom stereocenters. The Labute approximate surface area is 203 Å². The minimum atomic E-state index is -0.451. The van der Waals surface area contributed by atoms with Crippen molar-refractivity contribution in [3.05, 3.63) is 59.6 Å². The molecule has 3 aromatic rings. The summed E-state index contributed by atoms with van der Waals surface area (Å²) >= 11 is 8.54. The lowest BCUT2D eigenvalue weighted by Crippen LogP contribution is -2.28. The van der Waals surface area contributed by atoms with Gasteiger partial charge in [-0.3, -0.25) is 14.4 Å². The van der Waals surface area contributed by atoms with Gasteiger partial charge in [-0.15, -0.1) is 10.2 Å². The quantitative estimate of drug-likeness (QED) is 0.352. The second-order valence-electron chi connectivity index (χ2n) is 7.26. The first-order valence-corrected chi connectivity index (χ1v) is 12.3. The number of halogens is 1. The van der Waals surface area contributed by atoms with Crippen molar-refractivity contribution >= 4 is 68.9 Å². The number of carbonyl (C=O) groups is 3. The van der Waals surface area contributed by atoms with Crippen LogP contribution in [0.4, 0.5) is 16.5 Å². The van der Waals surface area contributed by atoms with Gasteiger partial charge in [0.15, 0.2) is 4.34 Å². The number of benzene rings is 2. The number of carbonyl (C=O) groups excluding carboxylic acids is 3. The normalized spacial score (nSPS) is 15.5. The van der Waals surface area contributed by atoms with E-state index in [4.69, 9.17) is 11.6 Å². The highest BCUT2D eigenvalue weighted by Crippen LogP contribution is 2.29. The van der Waals surface area contributed by atoms with Gasteiger partial charge in [-0.05, 0) is 30.3 Å². The predicted molar refractivity (Wildman–Crippen MR) is 131 cm³/mol. The van der Waals surface area contributed by atoms with E-state index in [9.17, 15) is 14.4 Å². The number of nitrogens with one attached hydrogen (secondary N) is 2. The SMILES string of the molecule is O=C(CCSc1nnc(NC(=O)C2CC(=O)N(c3ccccc3)C2)s1)Nc1cccc(Cl)c1. The number of amides is 3. The number of hydrogen-bond acceptors (Lipinski definition) is 7. The zero-order valence-electron chi connectivity index (χ0n) is 17.4. The molecule has 0 aliphatic carbocycles. The summed E-state index contributed by atoms with van der Waals surface area (Å²) in [6, 6.07) is 16.3. The van der Waals surface area contributed by atoms with E-state index in [1.165, 1.54) is 23.1 Å². The van der Waals surface area contributed by atoms with E-state index < -0.39 is 5.92 Å². The van der Waals surface area contributed by atoms with Crippen LogP contribution in [0.15, 0.2) is 58.9 Å². The molecule has 1 aromatic heterocycles. The van der Waals surface area contributed by atoms with Crippen LogP contribution >= 0.6 is 34.7 Å². The average molecular weight is 502 g/mol. The van der Waals surface area contributed by atoms with E-state index in [1.54, 1.807) is 29.2 Å². The maximum atomic E-state index is 12.6. The second-order valence-corrected chi connectivity index (χ2v) is 10.0. The third-order valence-corrected chi connectivity index (χ3v) is 7.07. The monoisotopic (exact) mass is 501 g/mol. The largest absolute Gasteiger partial charge is 0.326 e. The number of aromatic nitrogens is 2. The highest BCUT2D eigenvalue weighted by molar-refractivity contribution is 8.01. The van der Waals surface area contributed by atoms with Crippen molar-refractivity contribution in [2.75, 3.05) is 27.8 Å². The molecule has 0 spiro atoms. The van der Waals surface area contributed by atoms with Crippen molar-refractivity contribution in [1.82, 2.24) is 10.2 Å². The van der Waals surface area contributed by atoms with E-state index in [0.29, 0.717) is 32.5 Å². The summed E-state index contributed by atoms with van der Waals surface area (Å²) in [6.07, 6.45) is 0.445. The summed E-state index contributed by atoms with van der Waals surface area (Å²) in [5.41, 5.74) is 1.43. The third kappa shape index (κ3) is 6.31. The fourth-order valence-electron chi connectivity index (χ4n) is 3.29. The number of hydrogen-bond donors (Lipinski definition) is 2. The Morgan fingerprint density at radius 2 is 1.94 bits per heavy atom. The zero-order chi connectivity index (χ0) is 23.2. The molecule has 8 nitrogen and oxygen atoms in total. The Hall–Kier alpha value is -2.95. The molecule has 0 radical (unpaired) electrons. The Morgan fingerprint density at radius 3 is 2.73 bits per heavy atom. The topological polar surface area (TPSA) is 104 Å². The first-order valence-electron chi connectivity index (χ1n) is 10.2. The van der Waals surface area contributed by atoms with Crippen LogP contribution in [0.3, 0.4) is 0 Å². The molecule has 4 rings (SSSR count). The first-order chi connectivity index (χ1) is 16.0. The van der Waals surface area contributed by atoms with Crippen LogP contribution in [0.25, 0.3) is 0 Å². The van der Waals surface area contributed by atoms with E-state index in [0.717, 1.165) is 5.69 Å². The molecule has 2 heterocycles. The van der Waals surface area contributed by atoms with Gasteiger partial charge in [0.2, 0.25) is 22.9 Å². The Morgan fingerprint density at radius 1 is 1.12 bits per heavy atom. The van der Waals surface area contributed by atoms with Crippen molar-refractivity contribution in [1.29, 1.82) is 0 Å². The summed E-state index contributed by atoms with van der Waals surface area (Å²) in [6.45, 7) is 0.330. The molecular formula is C22H20ClN5O3S2. The summed E-state index contributed by atoms with van der Waals surface area (Å²) in [5.74, 6) is -0.399. The summed E-state index contributed by atoms with van der Waals surface area (Å²) in [4.78, 5) is 38.7. The molecule has 170 valence electrons. The average Bonchev–Trinajstić information content (AvgIpc) is 3.40. The fraction of sp³-hybridized carbons (Fsp3) is 0.227. The molecule has 1 aliphatic heterocycles. The maximum Gasteiger partial charge on any atom is 0.231 e. The van der Waals surface area contributed by atoms with Crippen LogP contribution in [0.1, 0.15) is 12.8 Å². The molecule has 1 aliphatic rings. The van der Waals surface area contributed by atoms with Crippen LogP contribution in [-0.4, -0.2) is 40.2 Å². The Balaban J connectivity index is 1.23. The van der Waals surface area contributed by atoms with Crippen molar-refractivity contribution in [3.63, 3.8) is 0 Å². The van der Waals surface area contributed by atoms with Gasteiger partial charge < -0.3 is 15.5 Å². The molecule has 1 fully saturated rings. The van der Waals surface area contributed by atoms with Gasteiger partial charge >= 0.3 is 0 Å². The van der Waals surface area contributed by atoms with Gasteiger partial charge in [0.25, 0.3) is 0 Å². The lowest BCUT2D eigenvalue weighted by molar-refractivity contribution is -0.122. The van der Waals surface area contributed by atoms with E-state index in [2.05, 4.69) is 20.8 Å². The molecule has 2 aromatic carbocycles. The molecule has 0 saturated carbocycles. The second kappa shape index (κ2) is 10.8. The first kappa shape index (κ1) is 23.2. The maximum absolute atomic E-state index is 12.6.